The van der Waals surface area contributed by atoms with E-state index >= 15 is 0 Å². The largest absolute Gasteiger partial charge is 0.485 e. The second-order valence-electron chi connectivity index (χ2n) is 2.92. The van der Waals surface area contributed by atoms with Gasteiger partial charge >= 0.3 is 6.18 Å². The molecule has 0 amide bonds. The van der Waals surface area contributed by atoms with E-state index in [0.717, 1.165) is 12.1 Å². The van der Waals surface area contributed by atoms with E-state index in [2.05, 4.69) is 0 Å². The standard InChI is InChI=1S/C9H5F3O2/c10-9(11,12)5-1-2-8-6(3-5)7(13)4-14-8/h1-3H,4H2. The predicted molar refractivity (Wildman–Crippen MR) is 41.3 cm³/mol. The van der Waals surface area contributed by atoms with Crippen LogP contribution in [-0.4, -0.2) is 12.4 Å². The van der Waals surface area contributed by atoms with E-state index in [0.29, 0.717) is 0 Å². The highest BCUT2D eigenvalue weighted by Gasteiger charge is 2.33. The fraction of sp³-hybridized carbons (Fsp3) is 0.222. The summed E-state index contributed by atoms with van der Waals surface area (Å²) in [6.07, 6.45) is -4.42. The minimum atomic E-state index is -4.42. The molecule has 5 heteroatoms. The molecule has 0 radical (unpaired) electrons. The van der Waals surface area contributed by atoms with E-state index in [1.807, 2.05) is 0 Å². The SMILES string of the molecule is O=C1COc2ccc(C(F)(F)F)cc21. The smallest absolute Gasteiger partial charge is 0.416 e. The molecule has 74 valence electrons. The summed E-state index contributed by atoms with van der Waals surface area (Å²) in [4.78, 5) is 11.1. The highest BCUT2D eigenvalue weighted by molar-refractivity contribution is 6.02. The number of benzene rings is 1. The van der Waals surface area contributed by atoms with Crippen molar-refractivity contribution < 1.29 is 22.7 Å². The second-order valence-corrected chi connectivity index (χ2v) is 2.92. The van der Waals surface area contributed by atoms with Crippen molar-refractivity contribution in [1.29, 1.82) is 0 Å². The molecule has 0 saturated carbocycles. The highest BCUT2D eigenvalue weighted by atomic mass is 19.4. The molecule has 0 aromatic heterocycles. The monoisotopic (exact) mass is 202 g/mol. The first-order chi connectivity index (χ1) is 6.48. The van der Waals surface area contributed by atoms with E-state index in [1.165, 1.54) is 6.07 Å². The van der Waals surface area contributed by atoms with E-state index < -0.39 is 17.5 Å². The van der Waals surface area contributed by atoms with Crippen molar-refractivity contribution in [2.45, 2.75) is 6.18 Å². The van der Waals surface area contributed by atoms with Crippen LogP contribution in [0.4, 0.5) is 13.2 Å². The van der Waals surface area contributed by atoms with Gasteiger partial charge in [0.1, 0.15) is 5.75 Å². The van der Waals surface area contributed by atoms with Crippen LogP contribution in [0.1, 0.15) is 15.9 Å². The molecule has 1 aromatic rings. The van der Waals surface area contributed by atoms with Crippen molar-refractivity contribution in [3.8, 4) is 5.75 Å². The van der Waals surface area contributed by atoms with Crippen LogP contribution < -0.4 is 4.74 Å². The zero-order chi connectivity index (χ0) is 10.3. The number of ketones is 1. The van der Waals surface area contributed by atoms with E-state index in [-0.39, 0.29) is 17.9 Å². The number of halogens is 3. The first-order valence-electron chi connectivity index (χ1n) is 3.86. The van der Waals surface area contributed by atoms with Gasteiger partial charge in [0.25, 0.3) is 0 Å². The third-order valence-corrected chi connectivity index (χ3v) is 1.97. The van der Waals surface area contributed by atoms with Gasteiger partial charge in [-0.25, -0.2) is 0 Å². The molecule has 0 unspecified atom stereocenters. The van der Waals surface area contributed by atoms with Crippen LogP contribution in [0.5, 0.6) is 5.75 Å². The van der Waals surface area contributed by atoms with Gasteiger partial charge in [0, 0.05) is 0 Å². The van der Waals surface area contributed by atoms with Gasteiger partial charge in [-0.1, -0.05) is 0 Å². The van der Waals surface area contributed by atoms with Gasteiger partial charge in [-0.05, 0) is 18.2 Å². The molecular weight excluding hydrogens is 197 g/mol. The Morgan fingerprint density at radius 2 is 2.00 bits per heavy atom. The maximum atomic E-state index is 12.2. The third kappa shape index (κ3) is 1.34. The zero-order valence-electron chi connectivity index (χ0n) is 6.89. The van der Waals surface area contributed by atoms with Gasteiger partial charge in [-0.15, -0.1) is 0 Å². The number of fused-ring (bicyclic) bond motifs is 1. The third-order valence-electron chi connectivity index (χ3n) is 1.97. The molecule has 0 atom stereocenters. The average Bonchev–Trinajstić information content (AvgIpc) is 2.46. The van der Waals surface area contributed by atoms with Crippen molar-refractivity contribution in [1.82, 2.24) is 0 Å². The van der Waals surface area contributed by atoms with Crippen LogP contribution in [0.15, 0.2) is 18.2 Å². The minimum Gasteiger partial charge on any atom is -0.485 e. The molecule has 1 aliphatic heterocycles. The fourth-order valence-electron chi connectivity index (χ4n) is 1.27. The van der Waals surface area contributed by atoms with Gasteiger partial charge in [-0.2, -0.15) is 13.2 Å². The lowest BCUT2D eigenvalue weighted by molar-refractivity contribution is -0.137. The Labute approximate surface area is 77.3 Å². The quantitative estimate of drug-likeness (QED) is 0.645. The summed E-state index contributed by atoms with van der Waals surface area (Å²) in [7, 11) is 0. The van der Waals surface area contributed by atoms with Crippen LogP contribution >= 0.6 is 0 Å². The maximum Gasteiger partial charge on any atom is 0.416 e. The van der Waals surface area contributed by atoms with Gasteiger partial charge in [0.2, 0.25) is 5.78 Å². The maximum absolute atomic E-state index is 12.2. The average molecular weight is 202 g/mol. The molecule has 0 aliphatic carbocycles. The lowest BCUT2D eigenvalue weighted by atomic mass is 10.1. The normalized spacial score (nSPS) is 15.2. The number of hydrogen-bond acceptors (Lipinski definition) is 2. The van der Waals surface area contributed by atoms with Crippen molar-refractivity contribution in [3.05, 3.63) is 29.3 Å². The Balaban J connectivity index is 2.50. The summed E-state index contributed by atoms with van der Waals surface area (Å²) in [5.41, 5.74) is -0.810. The lowest BCUT2D eigenvalue weighted by Gasteiger charge is -2.06. The molecule has 0 spiro atoms. The number of Topliss-reactive ketones (excluding diaryl/α,β-unsaturated/α-hetero) is 1. The van der Waals surface area contributed by atoms with E-state index in [9.17, 15) is 18.0 Å². The molecule has 14 heavy (non-hydrogen) atoms. The summed E-state index contributed by atoms with van der Waals surface area (Å²) in [6, 6.07) is 2.89. The Bertz CT molecular complexity index is 396. The fourth-order valence-corrected chi connectivity index (χ4v) is 1.27. The van der Waals surface area contributed by atoms with Crippen molar-refractivity contribution in [2.24, 2.45) is 0 Å². The molecule has 2 nitrogen and oxygen atoms in total. The van der Waals surface area contributed by atoms with Crippen LogP contribution in [0.2, 0.25) is 0 Å². The van der Waals surface area contributed by atoms with E-state index in [1.54, 1.807) is 0 Å². The lowest BCUT2D eigenvalue weighted by Crippen LogP contribution is -2.06. The minimum absolute atomic E-state index is 0.0137. The number of carbonyl (C=O) groups excluding carboxylic acids is 1. The molecule has 0 fully saturated rings. The number of carbonyl (C=O) groups is 1. The topological polar surface area (TPSA) is 26.3 Å². The number of ether oxygens (including phenoxy) is 1. The van der Waals surface area contributed by atoms with Crippen LogP contribution in [0, 0.1) is 0 Å². The molecule has 1 aliphatic rings. The Morgan fingerprint density at radius 1 is 1.29 bits per heavy atom. The summed E-state index contributed by atoms with van der Waals surface area (Å²) in [5, 5.41) is 0. The summed E-state index contributed by atoms with van der Waals surface area (Å²) in [5.74, 6) is -0.186. The molecule has 1 heterocycles. The Hall–Kier alpha value is -1.52. The Kier molecular flexibility index (Phi) is 1.77. The molecule has 0 saturated heterocycles. The second kappa shape index (κ2) is 2.73. The van der Waals surface area contributed by atoms with E-state index in [4.69, 9.17) is 4.74 Å². The van der Waals surface area contributed by atoms with Gasteiger partial charge < -0.3 is 4.74 Å². The van der Waals surface area contributed by atoms with Gasteiger partial charge in [0.15, 0.2) is 6.61 Å². The molecule has 2 rings (SSSR count). The highest BCUT2D eigenvalue weighted by Crippen LogP contribution is 2.34. The molecule has 1 aromatic carbocycles. The number of rotatable bonds is 0. The summed E-state index contributed by atoms with van der Waals surface area (Å²) < 4.78 is 41.6. The van der Waals surface area contributed by atoms with Crippen molar-refractivity contribution >= 4 is 5.78 Å². The summed E-state index contributed by atoms with van der Waals surface area (Å²) >= 11 is 0. The first kappa shape index (κ1) is 9.05. The van der Waals surface area contributed by atoms with Crippen LogP contribution in [-0.2, 0) is 6.18 Å². The predicted octanol–water partition coefficient (Wildman–Crippen LogP) is 2.28. The molecule has 0 N–H and O–H groups in total. The van der Waals surface area contributed by atoms with Crippen molar-refractivity contribution in [3.63, 3.8) is 0 Å². The summed E-state index contributed by atoms with van der Waals surface area (Å²) in [6.45, 7) is -0.170. The number of hydrogen-bond donors (Lipinski definition) is 0. The molecule has 0 bridgehead atoms. The first-order valence-corrected chi connectivity index (χ1v) is 3.86. The molecular formula is C9H5F3O2. The Morgan fingerprint density at radius 3 is 2.64 bits per heavy atom. The van der Waals surface area contributed by atoms with Crippen molar-refractivity contribution in [2.75, 3.05) is 6.61 Å². The zero-order valence-corrected chi connectivity index (χ0v) is 6.89. The van der Waals surface area contributed by atoms with Gasteiger partial charge in [0.05, 0.1) is 11.1 Å². The van der Waals surface area contributed by atoms with Crippen LogP contribution in [0.25, 0.3) is 0 Å². The van der Waals surface area contributed by atoms with Crippen LogP contribution in [0.3, 0.4) is 0 Å². The van der Waals surface area contributed by atoms with Gasteiger partial charge in [-0.3, -0.25) is 4.79 Å². The number of alkyl halides is 3.